The molecular weight excluding hydrogens is 338 g/mol. The van der Waals surface area contributed by atoms with Crippen molar-refractivity contribution in [2.45, 2.75) is 11.9 Å². The summed E-state index contributed by atoms with van der Waals surface area (Å²) in [7, 11) is 3.77. The summed E-state index contributed by atoms with van der Waals surface area (Å²) < 4.78 is 5.40. The Morgan fingerprint density at radius 2 is 1.90 bits per heavy atom. The highest BCUT2D eigenvalue weighted by Gasteiger charge is 2.10. The fourth-order valence-electron chi connectivity index (χ4n) is 2.21. The van der Waals surface area contributed by atoms with Crippen LogP contribution in [0.3, 0.4) is 0 Å². The molecule has 4 heteroatoms. The number of ether oxygens (including phenoxy) is 1. The van der Waals surface area contributed by atoms with Crippen LogP contribution in [0.5, 0.6) is 5.75 Å². The number of hydrogen-bond acceptors (Lipinski definition) is 2. The van der Waals surface area contributed by atoms with Gasteiger partial charge in [-0.05, 0) is 29.8 Å². The molecular formula is C16H17BrClNO. The molecule has 0 heterocycles. The molecule has 20 heavy (non-hydrogen) atoms. The minimum atomic E-state index is 0.758. The van der Waals surface area contributed by atoms with Gasteiger partial charge in [0.05, 0.1) is 7.11 Å². The van der Waals surface area contributed by atoms with Crippen LogP contribution in [0.4, 0.5) is 5.69 Å². The third-order valence-corrected chi connectivity index (χ3v) is 4.04. The Morgan fingerprint density at radius 3 is 2.60 bits per heavy atom. The summed E-state index contributed by atoms with van der Waals surface area (Å²) in [4.78, 5) is 2.20. The molecule has 0 atom stereocenters. The van der Waals surface area contributed by atoms with Crippen molar-refractivity contribution < 1.29 is 4.74 Å². The van der Waals surface area contributed by atoms with Crippen LogP contribution in [-0.4, -0.2) is 14.2 Å². The highest BCUT2D eigenvalue weighted by molar-refractivity contribution is 9.08. The number of para-hydroxylation sites is 1. The summed E-state index contributed by atoms with van der Waals surface area (Å²) in [5, 5.41) is 1.54. The molecule has 0 spiro atoms. The van der Waals surface area contributed by atoms with Gasteiger partial charge in [-0.15, -0.1) is 0 Å². The molecule has 2 aromatic rings. The third-order valence-electron chi connectivity index (χ3n) is 3.20. The Bertz CT molecular complexity index is 588. The zero-order valence-electron chi connectivity index (χ0n) is 11.6. The predicted molar refractivity (Wildman–Crippen MR) is 89.2 cm³/mol. The quantitative estimate of drug-likeness (QED) is 0.710. The van der Waals surface area contributed by atoms with E-state index in [1.807, 2.05) is 36.4 Å². The van der Waals surface area contributed by atoms with Crippen LogP contribution in [-0.2, 0) is 11.9 Å². The first kappa shape index (κ1) is 15.2. The van der Waals surface area contributed by atoms with Crippen molar-refractivity contribution in [2.75, 3.05) is 19.1 Å². The lowest BCUT2D eigenvalue weighted by molar-refractivity contribution is 0.409. The molecule has 0 amide bonds. The van der Waals surface area contributed by atoms with Crippen molar-refractivity contribution in [1.29, 1.82) is 0 Å². The number of anilines is 1. The van der Waals surface area contributed by atoms with Crippen LogP contribution < -0.4 is 9.64 Å². The van der Waals surface area contributed by atoms with Crippen molar-refractivity contribution in [2.24, 2.45) is 0 Å². The summed E-state index contributed by atoms with van der Waals surface area (Å²) in [5.74, 6) is 0.911. The van der Waals surface area contributed by atoms with E-state index >= 15 is 0 Å². The second-order valence-electron chi connectivity index (χ2n) is 4.57. The minimum Gasteiger partial charge on any atom is -0.496 e. The molecule has 0 saturated heterocycles. The molecule has 0 N–H and O–H groups in total. The van der Waals surface area contributed by atoms with Crippen LogP contribution >= 0.6 is 27.5 Å². The smallest absolute Gasteiger partial charge is 0.123 e. The SMILES string of the molecule is COc1ccccc1CN(C)c1ccc(Cl)cc1CBr. The number of alkyl halides is 1. The van der Waals surface area contributed by atoms with E-state index in [9.17, 15) is 0 Å². The second kappa shape index (κ2) is 7.00. The van der Waals surface area contributed by atoms with Crippen molar-refractivity contribution in [3.8, 4) is 5.75 Å². The van der Waals surface area contributed by atoms with Gasteiger partial charge in [-0.1, -0.05) is 45.7 Å². The molecule has 106 valence electrons. The Kier molecular flexibility index (Phi) is 5.32. The first-order valence-electron chi connectivity index (χ1n) is 6.33. The fourth-order valence-corrected chi connectivity index (χ4v) is 2.85. The summed E-state index contributed by atoms with van der Waals surface area (Å²) >= 11 is 9.56. The van der Waals surface area contributed by atoms with E-state index in [1.54, 1.807) is 7.11 Å². The van der Waals surface area contributed by atoms with Crippen molar-refractivity contribution >= 4 is 33.2 Å². The average molecular weight is 355 g/mol. The van der Waals surface area contributed by atoms with E-state index in [0.717, 1.165) is 33.9 Å². The van der Waals surface area contributed by atoms with Crippen molar-refractivity contribution in [3.05, 3.63) is 58.6 Å². The van der Waals surface area contributed by atoms with Gasteiger partial charge in [0.15, 0.2) is 0 Å². The molecule has 0 aliphatic carbocycles. The molecule has 0 saturated carbocycles. The zero-order valence-corrected chi connectivity index (χ0v) is 13.9. The lowest BCUT2D eigenvalue weighted by Crippen LogP contribution is -2.18. The molecule has 2 rings (SSSR count). The zero-order chi connectivity index (χ0) is 14.5. The number of halogens is 2. The first-order chi connectivity index (χ1) is 9.65. The Balaban J connectivity index is 2.26. The van der Waals surface area contributed by atoms with Gasteiger partial charge in [0.1, 0.15) is 5.75 Å². The van der Waals surface area contributed by atoms with Crippen LogP contribution in [0.15, 0.2) is 42.5 Å². The topological polar surface area (TPSA) is 12.5 Å². The minimum absolute atomic E-state index is 0.758. The van der Waals surface area contributed by atoms with E-state index in [-0.39, 0.29) is 0 Å². The standard InChI is InChI=1S/C16H17BrClNO/c1-19(11-12-5-3-4-6-16(12)20-2)15-8-7-14(18)9-13(15)10-17/h3-9H,10-11H2,1-2H3. The maximum absolute atomic E-state index is 6.05. The summed E-state index contributed by atoms with van der Waals surface area (Å²) in [5.41, 5.74) is 3.50. The Labute approximate surface area is 133 Å². The lowest BCUT2D eigenvalue weighted by atomic mass is 10.1. The van der Waals surface area contributed by atoms with Crippen molar-refractivity contribution in [3.63, 3.8) is 0 Å². The number of hydrogen-bond donors (Lipinski definition) is 0. The van der Waals surface area contributed by atoms with Crippen molar-refractivity contribution in [1.82, 2.24) is 0 Å². The molecule has 0 aliphatic heterocycles. The van der Waals surface area contributed by atoms with Gasteiger partial charge in [-0.3, -0.25) is 0 Å². The molecule has 0 aromatic heterocycles. The predicted octanol–water partition coefficient (Wildman–Crippen LogP) is 4.88. The van der Waals surface area contributed by atoms with Gasteiger partial charge in [-0.2, -0.15) is 0 Å². The van der Waals surface area contributed by atoms with Gasteiger partial charge < -0.3 is 9.64 Å². The average Bonchev–Trinajstić information content (AvgIpc) is 2.47. The van der Waals surface area contributed by atoms with E-state index in [4.69, 9.17) is 16.3 Å². The number of nitrogens with zero attached hydrogens (tertiary/aromatic N) is 1. The number of benzene rings is 2. The van der Waals surface area contributed by atoms with E-state index in [1.165, 1.54) is 5.56 Å². The first-order valence-corrected chi connectivity index (χ1v) is 7.83. The van der Waals surface area contributed by atoms with Gasteiger partial charge in [-0.25, -0.2) is 0 Å². The third kappa shape index (κ3) is 3.47. The van der Waals surface area contributed by atoms with Crippen LogP contribution in [0.2, 0.25) is 5.02 Å². The Morgan fingerprint density at radius 1 is 1.15 bits per heavy atom. The second-order valence-corrected chi connectivity index (χ2v) is 5.57. The molecule has 0 radical (unpaired) electrons. The van der Waals surface area contributed by atoms with E-state index < -0.39 is 0 Å². The molecule has 2 nitrogen and oxygen atoms in total. The molecule has 0 bridgehead atoms. The highest BCUT2D eigenvalue weighted by atomic mass is 79.9. The van der Waals surface area contributed by atoms with Crippen LogP contribution in [0.25, 0.3) is 0 Å². The van der Waals surface area contributed by atoms with Crippen LogP contribution in [0, 0.1) is 0 Å². The molecule has 2 aromatic carbocycles. The molecule has 0 aliphatic rings. The molecule has 0 fully saturated rings. The normalized spacial score (nSPS) is 10.4. The van der Waals surface area contributed by atoms with Gasteiger partial charge in [0, 0.05) is 35.2 Å². The van der Waals surface area contributed by atoms with Crippen LogP contribution in [0.1, 0.15) is 11.1 Å². The fraction of sp³-hybridized carbons (Fsp3) is 0.250. The van der Waals surface area contributed by atoms with Gasteiger partial charge in [0.25, 0.3) is 0 Å². The highest BCUT2D eigenvalue weighted by Crippen LogP contribution is 2.28. The largest absolute Gasteiger partial charge is 0.496 e. The maximum Gasteiger partial charge on any atom is 0.123 e. The monoisotopic (exact) mass is 353 g/mol. The lowest BCUT2D eigenvalue weighted by Gasteiger charge is -2.23. The molecule has 0 unspecified atom stereocenters. The van der Waals surface area contributed by atoms with Gasteiger partial charge >= 0.3 is 0 Å². The number of methoxy groups -OCH3 is 1. The van der Waals surface area contributed by atoms with Gasteiger partial charge in [0.2, 0.25) is 0 Å². The van der Waals surface area contributed by atoms with E-state index in [2.05, 4.69) is 33.9 Å². The maximum atomic E-state index is 6.05. The summed E-state index contributed by atoms with van der Waals surface area (Å²) in [6.07, 6.45) is 0. The summed E-state index contributed by atoms with van der Waals surface area (Å²) in [6, 6.07) is 14.0. The Hall–Kier alpha value is -1.19. The summed E-state index contributed by atoms with van der Waals surface area (Å²) in [6.45, 7) is 0.783. The number of rotatable bonds is 5. The van der Waals surface area contributed by atoms with E-state index in [0.29, 0.717) is 0 Å².